The van der Waals surface area contributed by atoms with E-state index in [-0.39, 0.29) is 23.2 Å². The Hall–Kier alpha value is -1.83. The first-order valence-corrected chi connectivity index (χ1v) is 11.7. The maximum atomic E-state index is 14.0. The summed E-state index contributed by atoms with van der Waals surface area (Å²) in [7, 11) is 3.65. The molecule has 1 aromatic carbocycles. The minimum atomic E-state index is -0.365. The third-order valence-corrected chi connectivity index (χ3v) is 7.76. The molecule has 1 aromatic heterocycles. The number of thiazole rings is 1. The highest BCUT2D eigenvalue weighted by atomic mass is 32.1. The van der Waals surface area contributed by atoms with Gasteiger partial charge in [0.05, 0.1) is 29.3 Å². The number of nitrogens with zero attached hydrogens (tertiary/aromatic N) is 3. The van der Waals surface area contributed by atoms with Gasteiger partial charge in [-0.25, -0.2) is 9.37 Å². The molecule has 0 saturated carbocycles. The minimum absolute atomic E-state index is 0.103. The van der Waals surface area contributed by atoms with Crippen LogP contribution in [-0.2, 0) is 28.2 Å². The Bertz CT molecular complexity index is 919. The van der Waals surface area contributed by atoms with Crippen LogP contribution in [0.2, 0.25) is 0 Å². The molecule has 0 radical (unpaired) electrons. The highest BCUT2D eigenvalue weighted by Crippen LogP contribution is 2.52. The lowest BCUT2D eigenvalue weighted by molar-refractivity contribution is -0.135. The minimum Gasteiger partial charge on any atom is -0.365 e. The highest BCUT2D eigenvalue weighted by molar-refractivity contribution is 7.07. The fourth-order valence-corrected chi connectivity index (χ4v) is 6.34. The van der Waals surface area contributed by atoms with Crippen LogP contribution in [0.25, 0.3) is 0 Å². The summed E-state index contributed by atoms with van der Waals surface area (Å²) < 4.78 is 20.3. The third-order valence-electron chi connectivity index (χ3n) is 7.13. The zero-order chi connectivity index (χ0) is 20.9. The first-order chi connectivity index (χ1) is 14.4. The van der Waals surface area contributed by atoms with E-state index in [1.165, 1.54) is 6.07 Å². The topological polar surface area (TPSA) is 45.7 Å². The highest BCUT2D eigenvalue weighted by Gasteiger charge is 2.53. The van der Waals surface area contributed by atoms with E-state index in [0.717, 1.165) is 49.0 Å². The normalized spacial score (nSPS) is 28.6. The van der Waals surface area contributed by atoms with Gasteiger partial charge in [-0.3, -0.25) is 9.69 Å². The first-order valence-electron chi connectivity index (χ1n) is 10.7. The molecule has 2 aromatic rings. The lowest BCUT2D eigenvalue weighted by atomic mass is 9.79. The van der Waals surface area contributed by atoms with E-state index in [0.29, 0.717) is 25.1 Å². The van der Waals surface area contributed by atoms with Crippen LogP contribution in [0, 0.1) is 11.7 Å². The molecule has 7 heteroatoms. The van der Waals surface area contributed by atoms with Crippen LogP contribution in [0.3, 0.4) is 0 Å². The van der Waals surface area contributed by atoms with E-state index in [2.05, 4.69) is 9.88 Å². The van der Waals surface area contributed by atoms with Crippen molar-refractivity contribution in [2.24, 2.45) is 5.92 Å². The number of amides is 1. The molecule has 4 heterocycles. The summed E-state index contributed by atoms with van der Waals surface area (Å²) in [5, 5.41) is 2.04. The molecule has 1 amide bonds. The van der Waals surface area contributed by atoms with Crippen molar-refractivity contribution in [3.63, 3.8) is 0 Å². The van der Waals surface area contributed by atoms with Crippen LogP contribution >= 0.6 is 11.3 Å². The molecule has 3 atom stereocenters. The van der Waals surface area contributed by atoms with Gasteiger partial charge in [0.2, 0.25) is 5.91 Å². The summed E-state index contributed by atoms with van der Waals surface area (Å²) in [5.74, 6) is -0.131. The number of carbonyl (C=O) groups is 1. The van der Waals surface area contributed by atoms with Crippen molar-refractivity contribution < 1.29 is 13.9 Å². The molecule has 30 heavy (non-hydrogen) atoms. The van der Waals surface area contributed by atoms with Crippen molar-refractivity contribution in [3.8, 4) is 0 Å². The van der Waals surface area contributed by atoms with Crippen LogP contribution in [0.15, 0.2) is 29.1 Å². The van der Waals surface area contributed by atoms with E-state index < -0.39 is 0 Å². The van der Waals surface area contributed by atoms with Crippen LogP contribution in [0.4, 0.5) is 4.39 Å². The Kier molecular flexibility index (Phi) is 5.16. The summed E-state index contributed by atoms with van der Waals surface area (Å²) in [6.07, 6.45) is 4.64. The number of ether oxygens (including phenoxy) is 1. The van der Waals surface area contributed by atoms with Gasteiger partial charge in [-0.15, -0.1) is 11.3 Å². The average molecular weight is 430 g/mol. The van der Waals surface area contributed by atoms with Gasteiger partial charge < -0.3 is 9.64 Å². The Balaban J connectivity index is 1.36. The summed E-state index contributed by atoms with van der Waals surface area (Å²) in [5.41, 5.74) is 4.62. The summed E-state index contributed by atoms with van der Waals surface area (Å²) in [6.45, 7) is 1.32. The maximum absolute atomic E-state index is 14.0. The monoisotopic (exact) mass is 429 g/mol. The molecular formula is C23H28FN3O2S. The predicted molar refractivity (Wildman–Crippen MR) is 114 cm³/mol. The van der Waals surface area contributed by atoms with Crippen molar-refractivity contribution in [1.82, 2.24) is 14.8 Å². The van der Waals surface area contributed by atoms with Crippen LogP contribution in [0.5, 0.6) is 0 Å². The quantitative estimate of drug-likeness (QED) is 0.729. The molecule has 2 saturated heterocycles. The molecule has 5 nitrogen and oxygen atoms in total. The smallest absolute Gasteiger partial charge is 0.226 e. The van der Waals surface area contributed by atoms with E-state index in [9.17, 15) is 9.18 Å². The zero-order valence-corrected chi connectivity index (χ0v) is 18.3. The predicted octanol–water partition coefficient (Wildman–Crippen LogP) is 3.58. The number of aromatic nitrogens is 1. The SMILES string of the molecule is CN(C)C(=O)C(Cc1cscn1)CN1C2CCC1CC1(C2)OCc2ccc(F)cc21. The van der Waals surface area contributed by atoms with Crippen molar-refractivity contribution >= 4 is 17.2 Å². The van der Waals surface area contributed by atoms with Gasteiger partial charge in [-0.1, -0.05) is 6.07 Å². The molecular weight excluding hydrogens is 401 g/mol. The van der Waals surface area contributed by atoms with Crippen molar-refractivity contribution in [2.75, 3.05) is 20.6 Å². The molecule has 2 bridgehead atoms. The summed E-state index contributed by atoms with van der Waals surface area (Å²) >= 11 is 1.57. The third kappa shape index (κ3) is 3.47. The van der Waals surface area contributed by atoms with Gasteiger partial charge in [0.1, 0.15) is 5.82 Å². The second kappa shape index (κ2) is 7.70. The molecule has 160 valence electrons. The maximum Gasteiger partial charge on any atom is 0.226 e. The zero-order valence-electron chi connectivity index (χ0n) is 17.5. The molecule has 2 fully saturated rings. The summed E-state index contributed by atoms with van der Waals surface area (Å²) in [4.78, 5) is 21.6. The number of rotatable bonds is 5. The van der Waals surface area contributed by atoms with Gasteiger partial charge in [0.15, 0.2) is 0 Å². The van der Waals surface area contributed by atoms with Gasteiger partial charge in [-0.05, 0) is 48.9 Å². The van der Waals surface area contributed by atoms with Crippen molar-refractivity contribution in [1.29, 1.82) is 0 Å². The van der Waals surface area contributed by atoms with Gasteiger partial charge >= 0.3 is 0 Å². The van der Waals surface area contributed by atoms with E-state index in [4.69, 9.17) is 4.74 Å². The number of fused-ring (bicyclic) bond motifs is 4. The Labute approximate surface area is 180 Å². The number of piperidine rings is 1. The first kappa shape index (κ1) is 20.1. The van der Waals surface area contributed by atoms with Crippen LogP contribution in [-0.4, -0.2) is 53.4 Å². The van der Waals surface area contributed by atoms with Crippen LogP contribution < -0.4 is 0 Å². The number of carbonyl (C=O) groups excluding carboxylic acids is 1. The number of hydrogen-bond acceptors (Lipinski definition) is 5. The van der Waals surface area contributed by atoms with Crippen molar-refractivity contribution in [2.45, 2.75) is 56.4 Å². The lowest BCUT2D eigenvalue weighted by Gasteiger charge is -2.45. The Morgan fingerprint density at radius 1 is 1.37 bits per heavy atom. The molecule has 3 aliphatic rings. The molecule has 0 aliphatic carbocycles. The van der Waals surface area contributed by atoms with E-state index >= 15 is 0 Å². The lowest BCUT2D eigenvalue weighted by Crippen LogP contribution is -2.52. The van der Waals surface area contributed by atoms with E-state index in [1.807, 2.05) is 31.1 Å². The van der Waals surface area contributed by atoms with Gasteiger partial charge in [0, 0.05) is 44.5 Å². The second-order valence-electron chi connectivity index (χ2n) is 9.19. The average Bonchev–Trinajstić information content (AvgIpc) is 3.40. The second-order valence-corrected chi connectivity index (χ2v) is 9.91. The fourth-order valence-electron chi connectivity index (χ4n) is 5.77. The largest absolute Gasteiger partial charge is 0.365 e. The van der Waals surface area contributed by atoms with Gasteiger partial charge in [-0.2, -0.15) is 0 Å². The van der Waals surface area contributed by atoms with E-state index in [1.54, 1.807) is 22.3 Å². The fraction of sp³-hybridized carbons (Fsp3) is 0.565. The van der Waals surface area contributed by atoms with Crippen LogP contribution in [0.1, 0.15) is 42.5 Å². The molecule has 1 spiro atoms. The molecule has 5 rings (SSSR count). The van der Waals surface area contributed by atoms with Crippen molar-refractivity contribution in [3.05, 3.63) is 51.7 Å². The molecule has 0 N–H and O–H groups in total. The van der Waals surface area contributed by atoms with Gasteiger partial charge in [0.25, 0.3) is 0 Å². The Morgan fingerprint density at radius 3 is 2.80 bits per heavy atom. The summed E-state index contributed by atoms with van der Waals surface area (Å²) in [6, 6.07) is 5.81. The molecule has 3 unspecified atom stereocenters. The standard InChI is InChI=1S/C23H28FN3O2S/c1-26(2)22(28)16(7-18-13-30-14-25-18)11-27-19-5-6-20(27)10-23(9-19)21-8-17(24)4-3-15(21)12-29-23/h3-4,8,13-14,16,19-20H,5-7,9-12H2,1-2H3. The molecule has 3 aliphatic heterocycles. The Morgan fingerprint density at radius 2 is 2.13 bits per heavy atom. The number of halogens is 1. The number of hydrogen-bond donors (Lipinski definition) is 0. The number of benzene rings is 1.